The minimum Gasteiger partial charge on any atom is -0.383 e. The van der Waals surface area contributed by atoms with Gasteiger partial charge >= 0.3 is 6.03 Å². The van der Waals surface area contributed by atoms with Crippen LogP contribution in [0.5, 0.6) is 0 Å². The number of methoxy groups -OCH3 is 1. The summed E-state index contributed by atoms with van der Waals surface area (Å²) in [5, 5.41) is 3.03. The largest absolute Gasteiger partial charge is 0.383 e. The molecule has 1 N–H and O–H groups in total. The number of urea groups is 1. The van der Waals surface area contributed by atoms with Crippen LogP contribution in [0.4, 0.5) is 4.79 Å². The molecule has 4 nitrogen and oxygen atoms in total. The summed E-state index contributed by atoms with van der Waals surface area (Å²) >= 11 is 0. The second kappa shape index (κ2) is 5.25. The van der Waals surface area contributed by atoms with Crippen LogP contribution < -0.4 is 5.32 Å². The van der Waals surface area contributed by atoms with Crippen LogP contribution in [-0.2, 0) is 4.74 Å². The number of carbonyl (C=O) groups excluding carboxylic acids is 1. The molecule has 2 fully saturated rings. The number of amides is 2. The summed E-state index contributed by atoms with van der Waals surface area (Å²) in [5.74, 6) is 0.735. The molecule has 2 aliphatic carbocycles. The fraction of sp³-hybridized carbons (Fsp3) is 0.923. The average molecular weight is 240 g/mol. The maximum atomic E-state index is 12.2. The molecule has 4 heteroatoms. The maximum Gasteiger partial charge on any atom is 0.318 e. The molecule has 0 aliphatic heterocycles. The van der Waals surface area contributed by atoms with Crippen molar-refractivity contribution in [3.05, 3.63) is 0 Å². The molecule has 0 aromatic carbocycles. The van der Waals surface area contributed by atoms with Crippen molar-refractivity contribution in [2.45, 2.75) is 57.7 Å². The topological polar surface area (TPSA) is 41.6 Å². The summed E-state index contributed by atoms with van der Waals surface area (Å²) in [6.45, 7) is 4.74. The van der Waals surface area contributed by atoms with Gasteiger partial charge < -0.3 is 15.0 Å². The predicted molar refractivity (Wildman–Crippen MR) is 66.9 cm³/mol. The highest BCUT2D eigenvalue weighted by atomic mass is 16.5. The predicted octanol–water partition coefficient (Wildman–Crippen LogP) is 1.99. The quantitative estimate of drug-likeness (QED) is 0.771. The lowest BCUT2D eigenvalue weighted by atomic mass is 10.2. The van der Waals surface area contributed by atoms with Gasteiger partial charge in [-0.05, 0) is 45.4 Å². The second-order valence-corrected chi connectivity index (χ2v) is 5.52. The highest BCUT2D eigenvalue weighted by Crippen LogP contribution is 2.39. The Morgan fingerprint density at radius 1 is 1.35 bits per heavy atom. The van der Waals surface area contributed by atoms with Gasteiger partial charge in [0.05, 0.1) is 12.6 Å². The lowest BCUT2D eigenvalue weighted by molar-refractivity contribution is 0.144. The third kappa shape index (κ3) is 3.35. The summed E-state index contributed by atoms with van der Waals surface area (Å²) < 4.78 is 5.05. The Morgan fingerprint density at radius 3 is 2.47 bits per heavy atom. The first-order chi connectivity index (χ1) is 8.13. The van der Waals surface area contributed by atoms with Crippen LogP contribution in [0.25, 0.3) is 0 Å². The van der Waals surface area contributed by atoms with E-state index in [0.717, 1.165) is 5.92 Å². The van der Waals surface area contributed by atoms with Crippen molar-refractivity contribution in [2.24, 2.45) is 5.92 Å². The molecule has 0 aromatic heterocycles. The van der Waals surface area contributed by atoms with Crippen LogP contribution in [-0.4, -0.2) is 42.8 Å². The van der Waals surface area contributed by atoms with Crippen LogP contribution in [0, 0.1) is 5.92 Å². The van der Waals surface area contributed by atoms with Gasteiger partial charge in [-0.15, -0.1) is 0 Å². The monoisotopic (exact) mass is 240 g/mol. The zero-order chi connectivity index (χ0) is 12.4. The molecule has 2 rings (SSSR count). The molecule has 0 unspecified atom stereocenters. The van der Waals surface area contributed by atoms with Gasteiger partial charge in [-0.25, -0.2) is 4.79 Å². The summed E-state index contributed by atoms with van der Waals surface area (Å²) in [7, 11) is 1.66. The van der Waals surface area contributed by atoms with E-state index in [4.69, 9.17) is 4.74 Å². The molecule has 17 heavy (non-hydrogen) atoms. The molecule has 2 aliphatic rings. The standard InChI is InChI=1S/C13H24N2O2/c1-9(8-17-3)14-13(16)15(12-6-7-12)10(2)11-4-5-11/h9-12H,4-8H2,1-3H3,(H,14,16)/t9-,10-/m1/s1. The van der Waals surface area contributed by atoms with Gasteiger partial charge in [-0.1, -0.05) is 0 Å². The Labute approximate surface area is 104 Å². The first-order valence-electron chi connectivity index (χ1n) is 6.71. The summed E-state index contributed by atoms with van der Waals surface area (Å²) in [5.41, 5.74) is 0. The summed E-state index contributed by atoms with van der Waals surface area (Å²) in [6.07, 6.45) is 4.91. The average Bonchev–Trinajstić information content (AvgIpc) is 3.13. The third-order valence-electron chi connectivity index (χ3n) is 3.70. The van der Waals surface area contributed by atoms with Crippen LogP contribution in [0.1, 0.15) is 39.5 Å². The van der Waals surface area contributed by atoms with Crippen molar-refractivity contribution in [2.75, 3.05) is 13.7 Å². The maximum absolute atomic E-state index is 12.2. The minimum atomic E-state index is 0.0835. The lowest BCUT2D eigenvalue weighted by Gasteiger charge is -2.31. The van der Waals surface area contributed by atoms with Gasteiger partial charge in [0.1, 0.15) is 0 Å². The SMILES string of the molecule is COC[C@@H](C)NC(=O)N(C1CC1)[C@H](C)C1CC1. The summed E-state index contributed by atoms with van der Waals surface area (Å²) in [6, 6.07) is 1.06. The van der Waals surface area contributed by atoms with Crippen LogP contribution >= 0.6 is 0 Å². The number of carbonyl (C=O) groups is 1. The summed E-state index contributed by atoms with van der Waals surface area (Å²) in [4.78, 5) is 14.3. The third-order valence-corrected chi connectivity index (χ3v) is 3.70. The molecule has 0 spiro atoms. The number of nitrogens with zero attached hydrogens (tertiary/aromatic N) is 1. The fourth-order valence-electron chi connectivity index (χ4n) is 2.42. The molecule has 0 heterocycles. The minimum absolute atomic E-state index is 0.0835. The van der Waals surface area contributed by atoms with Gasteiger partial charge in [-0.2, -0.15) is 0 Å². The van der Waals surface area contributed by atoms with Crippen LogP contribution in [0.3, 0.4) is 0 Å². The van der Waals surface area contributed by atoms with E-state index >= 15 is 0 Å². The van der Waals surface area contributed by atoms with Crippen molar-refractivity contribution in [1.82, 2.24) is 10.2 Å². The van der Waals surface area contributed by atoms with Crippen molar-refractivity contribution in [3.63, 3.8) is 0 Å². The second-order valence-electron chi connectivity index (χ2n) is 5.52. The Balaban J connectivity index is 1.88. The van der Waals surface area contributed by atoms with Crippen LogP contribution in [0.2, 0.25) is 0 Å². The molecule has 0 aromatic rings. The van der Waals surface area contributed by atoms with Gasteiger partial charge in [0.2, 0.25) is 0 Å². The molecule has 0 bridgehead atoms. The Hall–Kier alpha value is -0.770. The number of ether oxygens (including phenoxy) is 1. The van der Waals surface area contributed by atoms with E-state index in [0.29, 0.717) is 18.7 Å². The van der Waals surface area contributed by atoms with Gasteiger partial charge in [0, 0.05) is 19.2 Å². The van der Waals surface area contributed by atoms with Crippen molar-refractivity contribution in [1.29, 1.82) is 0 Å². The highest BCUT2D eigenvalue weighted by molar-refractivity contribution is 5.75. The molecule has 2 atom stereocenters. The normalized spacial score (nSPS) is 23.0. The lowest BCUT2D eigenvalue weighted by Crippen LogP contribution is -2.50. The first-order valence-corrected chi connectivity index (χ1v) is 6.71. The molecule has 0 saturated heterocycles. The number of rotatable bonds is 6. The first kappa shape index (κ1) is 12.7. The Morgan fingerprint density at radius 2 is 2.00 bits per heavy atom. The zero-order valence-electron chi connectivity index (χ0n) is 11.1. The van der Waals surface area contributed by atoms with E-state index < -0.39 is 0 Å². The van der Waals surface area contributed by atoms with Crippen LogP contribution in [0.15, 0.2) is 0 Å². The van der Waals surface area contributed by atoms with E-state index in [9.17, 15) is 4.79 Å². The molecule has 98 valence electrons. The Bertz CT molecular complexity index is 275. The Kier molecular flexibility index (Phi) is 3.92. The van der Waals surface area contributed by atoms with Crippen molar-refractivity contribution < 1.29 is 9.53 Å². The number of hydrogen-bond acceptors (Lipinski definition) is 2. The number of nitrogens with one attached hydrogen (secondary N) is 1. The highest BCUT2D eigenvalue weighted by Gasteiger charge is 2.41. The molecule has 2 saturated carbocycles. The van der Waals surface area contributed by atoms with E-state index in [1.54, 1.807) is 7.11 Å². The fourth-order valence-corrected chi connectivity index (χ4v) is 2.42. The van der Waals surface area contributed by atoms with Gasteiger partial charge in [-0.3, -0.25) is 0 Å². The molecular formula is C13H24N2O2. The molecule has 0 radical (unpaired) electrons. The number of hydrogen-bond donors (Lipinski definition) is 1. The van der Waals surface area contributed by atoms with Crippen molar-refractivity contribution in [3.8, 4) is 0 Å². The molecule has 2 amide bonds. The molecular weight excluding hydrogens is 216 g/mol. The van der Waals surface area contributed by atoms with E-state index in [1.165, 1.54) is 25.7 Å². The van der Waals surface area contributed by atoms with Gasteiger partial charge in [0.15, 0.2) is 0 Å². The van der Waals surface area contributed by atoms with E-state index in [1.807, 2.05) is 6.92 Å². The smallest absolute Gasteiger partial charge is 0.318 e. The van der Waals surface area contributed by atoms with Gasteiger partial charge in [0.25, 0.3) is 0 Å². The zero-order valence-corrected chi connectivity index (χ0v) is 11.1. The van der Waals surface area contributed by atoms with Crippen molar-refractivity contribution >= 4 is 6.03 Å². The van der Waals surface area contributed by atoms with E-state index in [2.05, 4.69) is 17.1 Å². The van der Waals surface area contributed by atoms with E-state index in [-0.39, 0.29) is 12.1 Å².